The molecule has 0 atom stereocenters. The fourth-order valence-electron chi connectivity index (χ4n) is 3.80. The van der Waals surface area contributed by atoms with E-state index in [1.165, 1.54) is 22.9 Å². The van der Waals surface area contributed by atoms with E-state index in [9.17, 15) is 13.2 Å². The SMILES string of the molecule is Cc1cc(C)nc(NS(=O)(=O)c2ccc(-n3cc(COc4cc5oc(=O)cc(C)c5cc4Cl)nn3)cc2)n1. The van der Waals surface area contributed by atoms with Crippen LogP contribution in [0.25, 0.3) is 16.7 Å². The van der Waals surface area contributed by atoms with Gasteiger partial charge in [-0.15, -0.1) is 5.10 Å². The molecule has 5 rings (SSSR count). The average Bonchev–Trinajstić information content (AvgIpc) is 3.31. The van der Waals surface area contributed by atoms with Gasteiger partial charge in [-0.3, -0.25) is 0 Å². The minimum atomic E-state index is -3.89. The van der Waals surface area contributed by atoms with E-state index in [0.717, 1.165) is 10.9 Å². The van der Waals surface area contributed by atoms with Gasteiger partial charge in [0.05, 0.1) is 21.8 Å². The van der Waals surface area contributed by atoms with Crippen LogP contribution in [0.1, 0.15) is 22.6 Å². The van der Waals surface area contributed by atoms with Gasteiger partial charge in [-0.25, -0.2) is 32.6 Å². The molecule has 0 aliphatic heterocycles. The number of hydrogen-bond acceptors (Lipinski definition) is 9. The summed E-state index contributed by atoms with van der Waals surface area (Å²) < 4.78 is 40.5. The van der Waals surface area contributed by atoms with E-state index in [2.05, 4.69) is 25.0 Å². The number of halogens is 1. The number of benzene rings is 2. The number of fused-ring (bicyclic) bond motifs is 1. The number of ether oxygens (including phenoxy) is 1. The molecule has 0 radical (unpaired) electrons. The molecular weight excluding hydrogens is 532 g/mol. The molecule has 0 aliphatic rings. The molecule has 0 saturated heterocycles. The number of anilines is 1. The van der Waals surface area contributed by atoms with Crippen molar-refractivity contribution in [2.45, 2.75) is 32.3 Å². The van der Waals surface area contributed by atoms with Crippen LogP contribution in [-0.2, 0) is 16.6 Å². The predicted octanol–water partition coefficient (Wildman–Crippen LogP) is 4.12. The van der Waals surface area contributed by atoms with Crippen LogP contribution in [0.3, 0.4) is 0 Å². The largest absolute Gasteiger partial charge is 0.485 e. The lowest BCUT2D eigenvalue weighted by Crippen LogP contribution is -2.15. The average molecular weight is 553 g/mol. The second-order valence-electron chi connectivity index (χ2n) is 8.54. The van der Waals surface area contributed by atoms with Crippen molar-refractivity contribution >= 4 is 38.5 Å². The van der Waals surface area contributed by atoms with Gasteiger partial charge >= 0.3 is 5.63 Å². The number of nitrogens with one attached hydrogen (secondary N) is 1. The molecule has 3 heterocycles. The molecule has 38 heavy (non-hydrogen) atoms. The Labute approximate surface area is 222 Å². The highest BCUT2D eigenvalue weighted by molar-refractivity contribution is 7.92. The summed E-state index contributed by atoms with van der Waals surface area (Å²) in [7, 11) is -3.89. The first-order valence-electron chi connectivity index (χ1n) is 11.3. The minimum Gasteiger partial charge on any atom is -0.485 e. The summed E-state index contributed by atoms with van der Waals surface area (Å²) in [6, 6.07) is 12.5. The molecule has 194 valence electrons. The minimum absolute atomic E-state index is 0.0104. The molecule has 1 N–H and O–H groups in total. The summed E-state index contributed by atoms with van der Waals surface area (Å²) in [6.45, 7) is 5.37. The van der Waals surface area contributed by atoms with Gasteiger partial charge in [0.15, 0.2) is 0 Å². The van der Waals surface area contributed by atoms with Gasteiger partial charge in [0.1, 0.15) is 23.6 Å². The Morgan fingerprint density at radius 3 is 2.45 bits per heavy atom. The van der Waals surface area contributed by atoms with Crippen LogP contribution >= 0.6 is 11.6 Å². The maximum atomic E-state index is 12.8. The maximum absolute atomic E-state index is 12.8. The molecule has 2 aromatic carbocycles. The fourth-order valence-corrected chi connectivity index (χ4v) is 4.96. The monoisotopic (exact) mass is 552 g/mol. The molecule has 11 nitrogen and oxygen atoms in total. The molecule has 0 fully saturated rings. The molecule has 5 aromatic rings. The van der Waals surface area contributed by atoms with E-state index in [1.807, 2.05) is 0 Å². The zero-order valence-electron chi connectivity index (χ0n) is 20.5. The number of aryl methyl sites for hydroxylation is 3. The van der Waals surface area contributed by atoms with Crippen LogP contribution in [0.4, 0.5) is 5.95 Å². The third-order valence-corrected chi connectivity index (χ3v) is 7.18. The van der Waals surface area contributed by atoms with Crippen LogP contribution in [0, 0.1) is 20.8 Å². The maximum Gasteiger partial charge on any atom is 0.336 e. The van der Waals surface area contributed by atoms with Gasteiger partial charge in [0.25, 0.3) is 10.0 Å². The molecule has 0 unspecified atom stereocenters. The number of aromatic nitrogens is 5. The zero-order valence-corrected chi connectivity index (χ0v) is 22.0. The molecule has 0 saturated carbocycles. The quantitative estimate of drug-likeness (QED) is 0.295. The lowest BCUT2D eigenvalue weighted by molar-refractivity contribution is 0.301. The highest BCUT2D eigenvalue weighted by Gasteiger charge is 2.17. The fraction of sp³-hybridized carbons (Fsp3) is 0.160. The Bertz CT molecular complexity index is 1810. The van der Waals surface area contributed by atoms with Gasteiger partial charge in [-0.2, -0.15) is 0 Å². The molecule has 0 bridgehead atoms. The van der Waals surface area contributed by atoms with Crippen molar-refractivity contribution in [3.05, 3.63) is 92.8 Å². The van der Waals surface area contributed by atoms with E-state index in [1.54, 1.807) is 57.3 Å². The van der Waals surface area contributed by atoms with Crippen molar-refractivity contribution in [3.8, 4) is 11.4 Å². The Morgan fingerprint density at radius 2 is 1.74 bits per heavy atom. The topological polar surface area (TPSA) is 142 Å². The first-order valence-corrected chi connectivity index (χ1v) is 13.2. The van der Waals surface area contributed by atoms with Crippen LogP contribution in [0.2, 0.25) is 5.02 Å². The van der Waals surface area contributed by atoms with Gasteiger partial charge in [0.2, 0.25) is 5.95 Å². The summed E-state index contributed by atoms with van der Waals surface area (Å²) in [5.74, 6) is 0.341. The van der Waals surface area contributed by atoms with Crippen LogP contribution in [0.5, 0.6) is 5.75 Å². The molecule has 0 aliphatic carbocycles. The van der Waals surface area contributed by atoms with E-state index >= 15 is 0 Å². The van der Waals surface area contributed by atoms with Crippen LogP contribution < -0.4 is 15.1 Å². The number of rotatable bonds is 7. The molecule has 13 heteroatoms. The summed E-state index contributed by atoms with van der Waals surface area (Å²) in [5.41, 5.74) is 3.05. The molecule has 3 aromatic heterocycles. The predicted molar refractivity (Wildman–Crippen MR) is 140 cm³/mol. The van der Waals surface area contributed by atoms with E-state index < -0.39 is 15.6 Å². The third kappa shape index (κ3) is 5.36. The van der Waals surface area contributed by atoms with Crippen molar-refractivity contribution in [1.82, 2.24) is 25.0 Å². The van der Waals surface area contributed by atoms with Crippen molar-refractivity contribution < 1.29 is 17.6 Å². The number of hydrogen-bond donors (Lipinski definition) is 1. The van der Waals surface area contributed by atoms with Gasteiger partial charge in [0, 0.05) is 28.9 Å². The molecular formula is C25H21ClN6O5S. The van der Waals surface area contributed by atoms with Crippen molar-refractivity contribution in [1.29, 1.82) is 0 Å². The number of nitrogens with zero attached hydrogens (tertiary/aromatic N) is 5. The summed E-state index contributed by atoms with van der Waals surface area (Å²) in [6.07, 6.45) is 1.64. The summed E-state index contributed by atoms with van der Waals surface area (Å²) in [5, 5.41) is 9.26. The van der Waals surface area contributed by atoms with Gasteiger partial charge < -0.3 is 9.15 Å². The first-order chi connectivity index (χ1) is 18.1. The third-order valence-electron chi connectivity index (χ3n) is 5.54. The lowest BCUT2D eigenvalue weighted by atomic mass is 10.1. The number of sulfonamides is 1. The van der Waals surface area contributed by atoms with Crippen molar-refractivity contribution in [2.75, 3.05) is 4.72 Å². The summed E-state index contributed by atoms with van der Waals surface area (Å²) in [4.78, 5) is 20.0. The molecule has 0 spiro atoms. The van der Waals surface area contributed by atoms with E-state index in [-0.39, 0.29) is 17.5 Å². The Balaban J connectivity index is 1.29. The van der Waals surface area contributed by atoms with E-state index in [4.69, 9.17) is 20.8 Å². The zero-order chi connectivity index (χ0) is 27.0. The standard InChI is InChI=1S/C25H21ClN6O5S/c1-14-8-24(33)37-22-11-23(21(26)10-20(14)22)36-13-17-12-32(31-29-17)18-4-6-19(7-5-18)38(34,35)30-25-27-15(2)9-16(3)28-25/h4-12H,13H2,1-3H3,(H,27,28,30). The Kier molecular flexibility index (Phi) is 6.59. The van der Waals surface area contributed by atoms with Crippen molar-refractivity contribution in [2.24, 2.45) is 0 Å². The second kappa shape index (κ2) is 9.88. The Hall–Kier alpha value is -4.29. The van der Waals surface area contributed by atoms with Gasteiger partial charge in [-0.05, 0) is 62.7 Å². The molecule has 0 amide bonds. The Morgan fingerprint density at radius 1 is 1.03 bits per heavy atom. The van der Waals surface area contributed by atoms with Crippen LogP contribution in [-0.4, -0.2) is 33.4 Å². The first kappa shape index (κ1) is 25.4. The second-order valence-corrected chi connectivity index (χ2v) is 10.6. The smallest absolute Gasteiger partial charge is 0.336 e. The highest BCUT2D eigenvalue weighted by atomic mass is 35.5. The van der Waals surface area contributed by atoms with Crippen molar-refractivity contribution in [3.63, 3.8) is 0 Å². The van der Waals surface area contributed by atoms with E-state index in [0.29, 0.717) is 39.1 Å². The summed E-state index contributed by atoms with van der Waals surface area (Å²) >= 11 is 6.35. The normalized spacial score (nSPS) is 11.6. The lowest BCUT2D eigenvalue weighted by Gasteiger charge is -2.09. The van der Waals surface area contributed by atoms with Gasteiger partial charge in [-0.1, -0.05) is 16.8 Å². The highest BCUT2D eigenvalue weighted by Crippen LogP contribution is 2.31. The van der Waals surface area contributed by atoms with Crippen LogP contribution in [0.15, 0.2) is 68.8 Å².